The van der Waals surface area contributed by atoms with E-state index in [2.05, 4.69) is 11.9 Å². The highest BCUT2D eigenvalue weighted by Gasteiger charge is 1.87. The topological polar surface area (TPSA) is 17.1 Å². The van der Waals surface area contributed by atoms with E-state index in [1.807, 2.05) is 6.08 Å². The van der Waals surface area contributed by atoms with Crippen molar-refractivity contribution in [2.45, 2.75) is 51.9 Å². The summed E-state index contributed by atoms with van der Waals surface area (Å²) in [6, 6.07) is 0. The Bertz CT molecular complexity index is 165. The van der Waals surface area contributed by atoms with E-state index in [1.54, 1.807) is 0 Å². The Hall–Kier alpha value is -0.330. The zero-order valence-corrected chi connectivity index (χ0v) is 8.66. The first-order valence-electron chi connectivity index (χ1n) is 4.77. The van der Waals surface area contributed by atoms with Crippen LogP contribution in [0.15, 0.2) is 6.08 Å². The molecule has 0 unspecified atom stereocenters. The summed E-state index contributed by atoms with van der Waals surface area (Å²) in [5.74, 6) is 0. The van der Waals surface area contributed by atoms with Gasteiger partial charge in [-0.25, -0.2) is 4.21 Å². The van der Waals surface area contributed by atoms with E-state index in [4.69, 9.17) is 0 Å². The van der Waals surface area contributed by atoms with Crippen LogP contribution >= 0.6 is 0 Å². The molecule has 0 aromatic heterocycles. The van der Waals surface area contributed by atoms with Crippen LogP contribution in [0.1, 0.15) is 51.9 Å². The molecule has 0 rings (SSSR count). The molecule has 0 aromatic rings. The third kappa shape index (κ3) is 9.67. The van der Waals surface area contributed by atoms with Crippen molar-refractivity contribution >= 4 is 16.3 Å². The Morgan fingerprint density at radius 3 is 2.50 bits per heavy atom. The zero-order chi connectivity index (χ0) is 9.07. The molecule has 0 saturated heterocycles. The van der Waals surface area contributed by atoms with E-state index >= 15 is 0 Å². The van der Waals surface area contributed by atoms with E-state index in [0.717, 1.165) is 6.42 Å². The van der Waals surface area contributed by atoms with Crippen molar-refractivity contribution in [3.8, 4) is 0 Å². The number of rotatable bonds is 7. The zero-order valence-electron chi connectivity index (χ0n) is 7.84. The lowest BCUT2D eigenvalue weighted by Crippen LogP contribution is -1.77. The van der Waals surface area contributed by atoms with Gasteiger partial charge in [-0.3, -0.25) is 0 Å². The summed E-state index contributed by atoms with van der Waals surface area (Å²) < 4.78 is 9.88. The molecule has 0 heterocycles. The van der Waals surface area contributed by atoms with Crippen LogP contribution in [0.4, 0.5) is 0 Å². The molecule has 0 amide bonds. The summed E-state index contributed by atoms with van der Waals surface area (Å²) in [6.07, 6.45) is 10.7. The van der Waals surface area contributed by atoms with Crippen LogP contribution in [0.25, 0.3) is 0 Å². The highest BCUT2D eigenvalue weighted by atomic mass is 32.1. The first-order chi connectivity index (χ1) is 5.91. The van der Waals surface area contributed by atoms with E-state index < -0.39 is 0 Å². The summed E-state index contributed by atoms with van der Waals surface area (Å²) in [5, 5.41) is 2.59. The van der Waals surface area contributed by atoms with Gasteiger partial charge in [-0.15, -0.1) is 0 Å². The van der Waals surface area contributed by atoms with Gasteiger partial charge in [-0.2, -0.15) is 0 Å². The lowest BCUT2D eigenvalue weighted by atomic mass is 10.1. The molecule has 0 fully saturated rings. The van der Waals surface area contributed by atoms with Crippen LogP contribution in [0.5, 0.6) is 0 Å². The first kappa shape index (κ1) is 11.7. The van der Waals surface area contributed by atoms with E-state index in [9.17, 15) is 4.21 Å². The second-order valence-corrected chi connectivity index (χ2v) is 3.36. The molecule has 0 saturated carbocycles. The maximum absolute atomic E-state index is 9.88. The standard InChI is InChI=1S/C10H18OS/c1-2-3-4-5-6-7-8-9-10-12-11/h9H,2-8H2,1H3. The van der Waals surface area contributed by atoms with Crippen molar-refractivity contribution < 1.29 is 4.21 Å². The molecule has 0 atom stereocenters. The van der Waals surface area contributed by atoms with Gasteiger partial charge in [0.05, 0.1) is 0 Å². The fraction of sp³-hybridized carbons (Fsp3) is 0.800. The number of hydrogen-bond acceptors (Lipinski definition) is 1. The molecule has 0 N–H and O–H groups in total. The van der Waals surface area contributed by atoms with E-state index in [-0.39, 0.29) is 0 Å². The predicted octanol–water partition coefficient (Wildman–Crippen LogP) is 2.91. The van der Waals surface area contributed by atoms with Gasteiger partial charge in [0, 0.05) is 0 Å². The third-order valence-electron chi connectivity index (χ3n) is 1.83. The monoisotopic (exact) mass is 186 g/mol. The van der Waals surface area contributed by atoms with Crippen molar-refractivity contribution in [1.29, 1.82) is 0 Å². The fourth-order valence-corrected chi connectivity index (χ4v) is 1.31. The van der Waals surface area contributed by atoms with Crippen molar-refractivity contribution in [1.82, 2.24) is 0 Å². The van der Waals surface area contributed by atoms with Crippen molar-refractivity contribution in [2.75, 3.05) is 0 Å². The molecule has 0 aliphatic rings. The molecular formula is C10H18OS. The maximum Gasteiger partial charge on any atom is 0.141 e. The van der Waals surface area contributed by atoms with Gasteiger partial charge < -0.3 is 0 Å². The minimum Gasteiger partial charge on any atom is -0.203 e. The van der Waals surface area contributed by atoms with Crippen molar-refractivity contribution in [3.05, 3.63) is 6.08 Å². The Morgan fingerprint density at radius 1 is 1.17 bits per heavy atom. The highest BCUT2D eigenvalue weighted by molar-refractivity contribution is 7.64. The second kappa shape index (κ2) is 10.7. The Morgan fingerprint density at radius 2 is 1.83 bits per heavy atom. The van der Waals surface area contributed by atoms with Gasteiger partial charge in [0.25, 0.3) is 0 Å². The van der Waals surface area contributed by atoms with Crippen LogP contribution in [-0.4, -0.2) is 9.23 Å². The SMILES string of the molecule is CCCCCCCCC=C=S=O. The first-order valence-corrected chi connectivity index (χ1v) is 5.52. The molecule has 0 aliphatic carbocycles. The molecule has 0 aromatic carbocycles. The Labute approximate surface area is 78.9 Å². The average molecular weight is 186 g/mol. The third-order valence-corrected chi connectivity index (χ3v) is 2.10. The number of unbranched alkanes of at least 4 members (excludes halogenated alkanes) is 6. The van der Waals surface area contributed by atoms with Crippen LogP contribution < -0.4 is 0 Å². The Balaban J connectivity index is 3.00. The van der Waals surface area contributed by atoms with Gasteiger partial charge >= 0.3 is 0 Å². The largest absolute Gasteiger partial charge is 0.203 e. The van der Waals surface area contributed by atoms with Gasteiger partial charge in [-0.05, 0) is 23.9 Å². The van der Waals surface area contributed by atoms with Gasteiger partial charge in [-0.1, -0.05) is 39.0 Å². The molecule has 0 spiro atoms. The summed E-state index contributed by atoms with van der Waals surface area (Å²) in [6.45, 7) is 2.23. The summed E-state index contributed by atoms with van der Waals surface area (Å²) in [4.78, 5) is 0. The second-order valence-electron chi connectivity index (χ2n) is 2.96. The Kier molecular flexibility index (Phi) is 10.4. The number of hydrogen-bond donors (Lipinski definition) is 0. The van der Waals surface area contributed by atoms with Crippen molar-refractivity contribution in [3.63, 3.8) is 0 Å². The van der Waals surface area contributed by atoms with E-state index in [0.29, 0.717) is 11.3 Å². The summed E-state index contributed by atoms with van der Waals surface area (Å²) >= 11 is 0.418. The molecular weight excluding hydrogens is 168 g/mol. The molecule has 2 heteroatoms. The maximum atomic E-state index is 9.88. The normalized spacial score (nSPS) is 9.08. The van der Waals surface area contributed by atoms with Gasteiger partial charge in [0.1, 0.15) is 11.3 Å². The quantitative estimate of drug-likeness (QED) is 0.441. The summed E-state index contributed by atoms with van der Waals surface area (Å²) in [5.41, 5.74) is 0. The molecule has 0 radical (unpaired) electrons. The molecule has 0 aliphatic heterocycles. The predicted molar refractivity (Wildman–Crippen MR) is 55.7 cm³/mol. The van der Waals surface area contributed by atoms with Crippen LogP contribution in [0, 0.1) is 0 Å². The average Bonchev–Trinajstić information content (AvgIpc) is 2.10. The van der Waals surface area contributed by atoms with Crippen molar-refractivity contribution in [2.24, 2.45) is 0 Å². The minimum absolute atomic E-state index is 0.418. The molecule has 0 bridgehead atoms. The van der Waals surface area contributed by atoms with Gasteiger partial charge in [0.15, 0.2) is 0 Å². The van der Waals surface area contributed by atoms with Crippen LogP contribution in [0.2, 0.25) is 0 Å². The number of allylic oxidation sites excluding steroid dienone is 1. The van der Waals surface area contributed by atoms with E-state index in [1.165, 1.54) is 38.5 Å². The molecule has 1 nitrogen and oxygen atoms in total. The highest BCUT2D eigenvalue weighted by Crippen LogP contribution is 2.06. The van der Waals surface area contributed by atoms with Crippen LogP contribution in [-0.2, 0) is 11.3 Å². The minimum atomic E-state index is 0.418. The summed E-state index contributed by atoms with van der Waals surface area (Å²) in [7, 11) is 0. The van der Waals surface area contributed by atoms with Crippen LogP contribution in [0.3, 0.4) is 0 Å². The van der Waals surface area contributed by atoms with Gasteiger partial charge in [0.2, 0.25) is 0 Å². The smallest absolute Gasteiger partial charge is 0.141 e. The lowest BCUT2D eigenvalue weighted by molar-refractivity contribution is 0.612. The molecule has 12 heavy (non-hydrogen) atoms. The lowest BCUT2D eigenvalue weighted by Gasteiger charge is -1.96. The fourth-order valence-electron chi connectivity index (χ4n) is 1.12. The molecule has 70 valence electrons.